The molecule has 0 amide bonds. The zero-order valence-electron chi connectivity index (χ0n) is 8.99. The zero-order valence-corrected chi connectivity index (χ0v) is 10.6. The van der Waals surface area contributed by atoms with Crippen molar-refractivity contribution in [3.05, 3.63) is 32.9 Å². The number of nitrogens with one attached hydrogen (secondary N) is 1. The fourth-order valence-electron chi connectivity index (χ4n) is 1.24. The minimum absolute atomic E-state index is 0.0504. The van der Waals surface area contributed by atoms with Crippen LogP contribution in [0.25, 0.3) is 0 Å². The molecule has 2 aromatic rings. The van der Waals surface area contributed by atoms with Crippen LogP contribution in [0.2, 0.25) is 0 Å². The quantitative estimate of drug-likeness (QED) is 0.667. The standard InChI is InChI=1S/C9H10N4O2S2/c1-6(8-10-2-3-16-8)4-11-9-12-5-7(17-9)13(14)15/h2-3,5-6H,4H2,1H3,(H,11,12). The molecule has 17 heavy (non-hydrogen) atoms. The highest BCUT2D eigenvalue weighted by molar-refractivity contribution is 7.18. The number of aromatic nitrogens is 2. The monoisotopic (exact) mass is 270 g/mol. The van der Waals surface area contributed by atoms with Gasteiger partial charge in [-0.15, -0.1) is 11.3 Å². The summed E-state index contributed by atoms with van der Waals surface area (Å²) in [6, 6.07) is 0. The van der Waals surface area contributed by atoms with Crippen molar-refractivity contribution in [2.75, 3.05) is 11.9 Å². The molecule has 0 saturated carbocycles. The van der Waals surface area contributed by atoms with Crippen molar-refractivity contribution in [1.82, 2.24) is 9.97 Å². The van der Waals surface area contributed by atoms with E-state index in [1.54, 1.807) is 17.5 Å². The third kappa shape index (κ3) is 2.98. The molecular formula is C9H10N4O2S2. The summed E-state index contributed by atoms with van der Waals surface area (Å²) in [6.45, 7) is 2.71. The molecule has 0 aliphatic carbocycles. The third-order valence-electron chi connectivity index (χ3n) is 2.11. The number of hydrogen-bond donors (Lipinski definition) is 1. The smallest absolute Gasteiger partial charge is 0.345 e. The van der Waals surface area contributed by atoms with E-state index in [9.17, 15) is 10.1 Å². The summed E-state index contributed by atoms with van der Waals surface area (Å²) < 4.78 is 0. The lowest BCUT2D eigenvalue weighted by Crippen LogP contribution is -2.09. The molecule has 8 heteroatoms. The lowest BCUT2D eigenvalue weighted by Gasteiger charge is -2.08. The van der Waals surface area contributed by atoms with Gasteiger partial charge in [-0.3, -0.25) is 10.1 Å². The van der Waals surface area contributed by atoms with Crippen molar-refractivity contribution in [2.45, 2.75) is 12.8 Å². The van der Waals surface area contributed by atoms with Gasteiger partial charge in [-0.25, -0.2) is 9.97 Å². The van der Waals surface area contributed by atoms with Crippen molar-refractivity contribution < 1.29 is 4.92 Å². The van der Waals surface area contributed by atoms with Crippen LogP contribution in [-0.2, 0) is 0 Å². The Balaban J connectivity index is 1.91. The summed E-state index contributed by atoms with van der Waals surface area (Å²) >= 11 is 2.64. The zero-order chi connectivity index (χ0) is 12.3. The van der Waals surface area contributed by atoms with Gasteiger partial charge in [0.15, 0.2) is 5.13 Å². The van der Waals surface area contributed by atoms with Gasteiger partial charge < -0.3 is 5.32 Å². The molecule has 0 bridgehead atoms. The fraction of sp³-hybridized carbons (Fsp3) is 0.333. The first-order chi connectivity index (χ1) is 8.16. The van der Waals surface area contributed by atoms with Crippen LogP contribution >= 0.6 is 22.7 Å². The average molecular weight is 270 g/mol. The van der Waals surface area contributed by atoms with E-state index in [2.05, 4.69) is 15.3 Å². The molecule has 0 aromatic carbocycles. The third-order valence-corrected chi connectivity index (χ3v) is 4.02. The van der Waals surface area contributed by atoms with E-state index >= 15 is 0 Å². The Morgan fingerprint density at radius 2 is 2.41 bits per heavy atom. The SMILES string of the molecule is CC(CNc1ncc([N+](=O)[O-])s1)c1nccs1. The molecule has 0 saturated heterocycles. The molecular weight excluding hydrogens is 260 g/mol. The minimum atomic E-state index is -0.437. The van der Waals surface area contributed by atoms with E-state index in [4.69, 9.17) is 0 Å². The average Bonchev–Trinajstić information content (AvgIpc) is 2.97. The van der Waals surface area contributed by atoms with Gasteiger partial charge in [0.05, 0.1) is 9.93 Å². The largest absolute Gasteiger partial charge is 0.361 e. The van der Waals surface area contributed by atoms with Gasteiger partial charge in [0, 0.05) is 24.0 Å². The Morgan fingerprint density at radius 1 is 1.59 bits per heavy atom. The molecule has 0 aliphatic heterocycles. The number of thiazole rings is 2. The Hall–Kier alpha value is -1.54. The first-order valence-electron chi connectivity index (χ1n) is 4.90. The van der Waals surface area contributed by atoms with E-state index in [-0.39, 0.29) is 10.9 Å². The molecule has 2 rings (SSSR count). The summed E-state index contributed by atoms with van der Waals surface area (Å²) in [5.41, 5.74) is 0. The van der Waals surface area contributed by atoms with Crippen LogP contribution < -0.4 is 5.32 Å². The molecule has 1 atom stereocenters. The maximum atomic E-state index is 10.5. The number of hydrogen-bond acceptors (Lipinski definition) is 7. The molecule has 0 spiro atoms. The maximum Gasteiger partial charge on any atom is 0.345 e. The minimum Gasteiger partial charge on any atom is -0.361 e. The molecule has 0 radical (unpaired) electrons. The van der Waals surface area contributed by atoms with Crippen molar-refractivity contribution in [3.8, 4) is 0 Å². The van der Waals surface area contributed by atoms with Gasteiger partial charge in [-0.1, -0.05) is 6.92 Å². The highest BCUT2D eigenvalue weighted by Gasteiger charge is 2.13. The van der Waals surface area contributed by atoms with E-state index in [1.165, 1.54) is 6.20 Å². The van der Waals surface area contributed by atoms with E-state index in [0.29, 0.717) is 11.7 Å². The lowest BCUT2D eigenvalue weighted by atomic mass is 10.2. The molecule has 6 nitrogen and oxygen atoms in total. The van der Waals surface area contributed by atoms with Gasteiger partial charge in [-0.05, 0) is 11.3 Å². The second kappa shape index (κ2) is 5.19. The Morgan fingerprint density at radius 3 is 3.00 bits per heavy atom. The fourth-order valence-corrected chi connectivity index (χ4v) is 2.57. The van der Waals surface area contributed by atoms with E-state index in [0.717, 1.165) is 16.3 Å². The van der Waals surface area contributed by atoms with E-state index < -0.39 is 4.92 Å². The van der Waals surface area contributed by atoms with Crippen molar-refractivity contribution in [2.24, 2.45) is 0 Å². The number of anilines is 1. The van der Waals surface area contributed by atoms with Crippen LogP contribution in [0.3, 0.4) is 0 Å². The molecule has 0 fully saturated rings. The van der Waals surface area contributed by atoms with Crippen LogP contribution in [0.15, 0.2) is 17.8 Å². The van der Waals surface area contributed by atoms with Gasteiger partial charge in [0.25, 0.3) is 0 Å². The van der Waals surface area contributed by atoms with Gasteiger partial charge in [0.1, 0.15) is 6.20 Å². The van der Waals surface area contributed by atoms with Gasteiger partial charge in [-0.2, -0.15) is 0 Å². The molecule has 2 heterocycles. The number of rotatable bonds is 5. The summed E-state index contributed by atoms with van der Waals surface area (Å²) in [7, 11) is 0. The predicted molar refractivity (Wildman–Crippen MR) is 67.8 cm³/mol. The first kappa shape index (κ1) is 11.9. The molecule has 2 aromatic heterocycles. The van der Waals surface area contributed by atoms with E-state index in [1.807, 2.05) is 12.3 Å². The van der Waals surface area contributed by atoms with Crippen LogP contribution in [-0.4, -0.2) is 21.4 Å². The highest BCUT2D eigenvalue weighted by Crippen LogP contribution is 2.26. The Bertz CT molecular complexity index is 497. The maximum absolute atomic E-state index is 10.5. The first-order valence-corrected chi connectivity index (χ1v) is 6.60. The molecule has 90 valence electrons. The summed E-state index contributed by atoms with van der Waals surface area (Å²) in [6.07, 6.45) is 3.03. The second-order valence-corrected chi connectivity index (χ2v) is 5.35. The van der Waals surface area contributed by atoms with Crippen LogP contribution in [0, 0.1) is 10.1 Å². The van der Waals surface area contributed by atoms with Crippen molar-refractivity contribution >= 4 is 32.8 Å². The normalized spacial score (nSPS) is 12.3. The highest BCUT2D eigenvalue weighted by atomic mass is 32.1. The molecule has 1 N–H and O–H groups in total. The second-order valence-electron chi connectivity index (χ2n) is 3.41. The van der Waals surface area contributed by atoms with Crippen LogP contribution in [0.1, 0.15) is 17.8 Å². The lowest BCUT2D eigenvalue weighted by molar-refractivity contribution is -0.380. The Labute approximate surface area is 106 Å². The Kier molecular flexibility index (Phi) is 3.64. The van der Waals surface area contributed by atoms with Crippen molar-refractivity contribution in [1.29, 1.82) is 0 Å². The predicted octanol–water partition coefficient (Wildman–Crippen LogP) is 2.72. The summed E-state index contributed by atoms with van der Waals surface area (Å²) in [5, 5.41) is 17.2. The van der Waals surface area contributed by atoms with Crippen molar-refractivity contribution in [3.63, 3.8) is 0 Å². The molecule has 0 aliphatic rings. The summed E-state index contributed by atoms with van der Waals surface area (Å²) in [5.74, 6) is 0.262. The van der Waals surface area contributed by atoms with Gasteiger partial charge >= 0.3 is 5.00 Å². The topological polar surface area (TPSA) is 81.0 Å². The number of nitrogens with zero attached hydrogens (tertiary/aromatic N) is 3. The number of nitro groups is 1. The van der Waals surface area contributed by atoms with Crippen LogP contribution in [0.4, 0.5) is 10.1 Å². The molecule has 1 unspecified atom stereocenters. The summed E-state index contributed by atoms with van der Waals surface area (Å²) in [4.78, 5) is 18.2. The van der Waals surface area contributed by atoms with Gasteiger partial charge in [0.2, 0.25) is 0 Å². The van der Waals surface area contributed by atoms with Crippen LogP contribution in [0.5, 0.6) is 0 Å².